The molecule has 6 nitrogen and oxygen atoms in total. The van der Waals surface area contributed by atoms with Crippen molar-refractivity contribution in [2.45, 2.75) is 0 Å². The number of halogens is 1. The molecule has 0 radical (unpaired) electrons. The van der Waals surface area contributed by atoms with Crippen molar-refractivity contribution in [3.05, 3.63) is 52.1 Å². The highest BCUT2D eigenvalue weighted by atomic mass is 35.5. The number of carbonyl (C=O) groups is 2. The highest BCUT2D eigenvalue weighted by Gasteiger charge is 2.31. The second kappa shape index (κ2) is 7.09. The van der Waals surface area contributed by atoms with E-state index in [1.54, 1.807) is 18.2 Å². The van der Waals surface area contributed by atoms with Gasteiger partial charge >= 0.3 is 5.97 Å². The summed E-state index contributed by atoms with van der Waals surface area (Å²) in [5.74, 6) is 0.196. The van der Waals surface area contributed by atoms with Crippen LogP contribution in [0, 0.1) is 0 Å². The molecular formula is C19H15ClO6. The van der Waals surface area contributed by atoms with Crippen LogP contribution in [0.3, 0.4) is 0 Å². The maximum atomic E-state index is 12.7. The quantitative estimate of drug-likeness (QED) is 0.353. The lowest BCUT2D eigenvalue weighted by Crippen LogP contribution is -2.25. The normalized spacial score (nSPS) is 14.7. The van der Waals surface area contributed by atoms with Crippen molar-refractivity contribution in [3.63, 3.8) is 0 Å². The van der Waals surface area contributed by atoms with Crippen LogP contribution in [-0.4, -0.2) is 33.1 Å². The number of carbonyl (C=O) groups excluding carboxylic acids is 2. The van der Waals surface area contributed by atoms with E-state index in [1.807, 2.05) is 0 Å². The Morgan fingerprint density at radius 3 is 2.19 bits per heavy atom. The van der Waals surface area contributed by atoms with Gasteiger partial charge in [0.05, 0.1) is 26.9 Å². The zero-order chi connectivity index (χ0) is 18.8. The number of methoxy groups -OCH3 is 3. The van der Waals surface area contributed by atoms with Gasteiger partial charge in [-0.3, -0.25) is 4.79 Å². The van der Waals surface area contributed by atoms with Crippen LogP contribution in [0.1, 0.15) is 15.9 Å². The van der Waals surface area contributed by atoms with Crippen molar-refractivity contribution < 1.29 is 28.5 Å². The Labute approximate surface area is 154 Å². The second-order valence-corrected chi connectivity index (χ2v) is 5.81. The summed E-state index contributed by atoms with van der Waals surface area (Å²) in [6.45, 7) is 0. The van der Waals surface area contributed by atoms with Gasteiger partial charge in [-0.25, -0.2) is 4.79 Å². The summed E-state index contributed by atoms with van der Waals surface area (Å²) in [5, 5.41) is 0.377. The Kier molecular flexibility index (Phi) is 4.86. The van der Waals surface area contributed by atoms with Gasteiger partial charge < -0.3 is 18.9 Å². The SMILES string of the molecule is COc1cc(/C=C2\C(=O)Oc3ccc(Cl)cc3C2=O)cc(OC)c1OC. The molecule has 1 aliphatic heterocycles. The minimum Gasteiger partial charge on any atom is -0.493 e. The molecule has 0 amide bonds. The van der Waals surface area contributed by atoms with Gasteiger partial charge in [-0.05, 0) is 42.0 Å². The number of hydrogen-bond donors (Lipinski definition) is 0. The number of rotatable bonds is 4. The molecule has 0 fully saturated rings. The van der Waals surface area contributed by atoms with Crippen molar-refractivity contribution in [1.82, 2.24) is 0 Å². The van der Waals surface area contributed by atoms with Crippen molar-refractivity contribution in [2.24, 2.45) is 0 Å². The third kappa shape index (κ3) is 3.11. The first kappa shape index (κ1) is 17.8. The molecule has 134 valence electrons. The van der Waals surface area contributed by atoms with Crippen LogP contribution in [0.25, 0.3) is 6.08 Å². The van der Waals surface area contributed by atoms with E-state index in [-0.39, 0.29) is 16.9 Å². The van der Waals surface area contributed by atoms with Crippen LogP contribution >= 0.6 is 11.6 Å². The molecule has 0 unspecified atom stereocenters. The Balaban J connectivity index is 2.10. The fraction of sp³-hybridized carbons (Fsp3) is 0.158. The first-order valence-corrected chi connectivity index (χ1v) is 7.94. The first-order valence-electron chi connectivity index (χ1n) is 7.56. The summed E-state index contributed by atoms with van der Waals surface area (Å²) in [4.78, 5) is 25.0. The Morgan fingerprint density at radius 2 is 1.62 bits per heavy atom. The summed E-state index contributed by atoms with van der Waals surface area (Å²) in [5.41, 5.74) is 0.634. The molecule has 26 heavy (non-hydrogen) atoms. The van der Waals surface area contributed by atoms with Gasteiger partial charge in [-0.2, -0.15) is 0 Å². The van der Waals surface area contributed by atoms with Crippen LogP contribution < -0.4 is 18.9 Å². The fourth-order valence-electron chi connectivity index (χ4n) is 2.64. The molecule has 3 rings (SSSR count). The molecule has 1 heterocycles. The van der Waals surface area contributed by atoms with Gasteiger partial charge in [0, 0.05) is 5.02 Å². The molecule has 0 saturated heterocycles. The van der Waals surface area contributed by atoms with Crippen LogP contribution in [0.4, 0.5) is 0 Å². The zero-order valence-electron chi connectivity index (χ0n) is 14.3. The second-order valence-electron chi connectivity index (χ2n) is 5.38. The van der Waals surface area contributed by atoms with E-state index in [0.29, 0.717) is 27.8 Å². The van der Waals surface area contributed by atoms with Gasteiger partial charge in [0.2, 0.25) is 11.5 Å². The monoisotopic (exact) mass is 374 g/mol. The largest absolute Gasteiger partial charge is 0.493 e. The molecule has 0 N–H and O–H groups in total. The molecule has 7 heteroatoms. The lowest BCUT2D eigenvalue weighted by atomic mass is 9.97. The number of ether oxygens (including phenoxy) is 4. The van der Waals surface area contributed by atoms with Gasteiger partial charge in [0.15, 0.2) is 11.5 Å². The van der Waals surface area contributed by atoms with Crippen molar-refractivity contribution >= 4 is 29.4 Å². The van der Waals surface area contributed by atoms with Gasteiger partial charge in [0.1, 0.15) is 11.3 Å². The van der Waals surface area contributed by atoms with E-state index < -0.39 is 11.8 Å². The lowest BCUT2D eigenvalue weighted by Gasteiger charge is -2.17. The molecule has 2 aromatic rings. The standard InChI is InChI=1S/C19H15ClO6/c1-23-15-7-10(8-16(24-2)18(15)25-3)6-13-17(21)12-9-11(20)4-5-14(12)26-19(13)22/h4-9H,1-3H3/b13-6-. The number of hydrogen-bond acceptors (Lipinski definition) is 6. The van der Waals surface area contributed by atoms with E-state index >= 15 is 0 Å². The smallest absolute Gasteiger partial charge is 0.347 e. The summed E-state index contributed by atoms with van der Waals surface area (Å²) in [6, 6.07) is 7.76. The first-order chi connectivity index (χ1) is 12.5. The average molecular weight is 375 g/mol. The summed E-state index contributed by atoms with van der Waals surface area (Å²) >= 11 is 5.94. The molecular weight excluding hydrogens is 360 g/mol. The third-order valence-corrected chi connectivity index (χ3v) is 4.09. The zero-order valence-corrected chi connectivity index (χ0v) is 15.0. The van der Waals surface area contributed by atoms with Crippen LogP contribution in [0.2, 0.25) is 5.02 Å². The van der Waals surface area contributed by atoms with Crippen molar-refractivity contribution in [3.8, 4) is 23.0 Å². The third-order valence-electron chi connectivity index (χ3n) is 3.85. The molecule has 0 aliphatic carbocycles. The minimum absolute atomic E-state index is 0.117. The number of fused-ring (bicyclic) bond motifs is 1. The van der Waals surface area contributed by atoms with E-state index in [2.05, 4.69) is 0 Å². The fourth-order valence-corrected chi connectivity index (χ4v) is 2.81. The number of ketones is 1. The lowest BCUT2D eigenvalue weighted by molar-refractivity contribution is -0.130. The number of benzene rings is 2. The van der Waals surface area contributed by atoms with E-state index in [9.17, 15) is 9.59 Å². The summed E-state index contributed by atoms with van der Waals surface area (Å²) in [7, 11) is 4.44. The molecule has 0 bridgehead atoms. The maximum absolute atomic E-state index is 12.7. The number of Topliss-reactive ketones (excluding diaryl/α,β-unsaturated/α-hetero) is 1. The topological polar surface area (TPSA) is 71.1 Å². The van der Waals surface area contributed by atoms with E-state index in [0.717, 1.165) is 0 Å². The van der Waals surface area contributed by atoms with Crippen LogP contribution in [0.5, 0.6) is 23.0 Å². The minimum atomic E-state index is -0.737. The summed E-state index contributed by atoms with van der Waals surface area (Å²) < 4.78 is 21.1. The molecule has 0 atom stereocenters. The van der Waals surface area contributed by atoms with E-state index in [4.69, 9.17) is 30.5 Å². The molecule has 2 aromatic carbocycles. The van der Waals surface area contributed by atoms with Gasteiger partial charge in [-0.1, -0.05) is 11.6 Å². The van der Waals surface area contributed by atoms with Gasteiger partial charge in [0.25, 0.3) is 0 Å². The predicted molar refractivity (Wildman–Crippen MR) is 95.5 cm³/mol. The van der Waals surface area contributed by atoms with E-state index in [1.165, 1.54) is 39.5 Å². The van der Waals surface area contributed by atoms with Crippen molar-refractivity contribution in [2.75, 3.05) is 21.3 Å². The van der Waals surface area contributed by atoms with Crippen LogP contribution in [-0.2, 0) is 4.79 Å². The predicted octanol–water partition coefficient (Wildman–Crippen LogP) is 3.55. The number of esters is 1. The molecule has 0 aromatic heterocycles. The molecule has 0 spiro atoms. The van der Waals surface area contributed by atoms with Gasteiger partial charge in [-0.15, -0.1) is 0 Å². The average Bonchev–Trinajstić information content (AvgIpc) is 2.64. The highest BCUT2D eigenvalue weighted by molar-refractivity contribution is 6.33. The Morgan fingerprint density at radius 1 is 0.962 bits per heavy atom. The molecule has 1 aliphatic rings. The van der Waals surface area contributed by atoms with Crippen LogP contribution in [0.15, 0.2) is 35.9 Å². The summed E-state index contributed by atoms with van der Waals surface area (Å²) in [6.07, 6.45) is 1.42. The van der Waals surface area contributed by atoms with Crippen molar-refractivity contribution in [1.29, 1.82) is 0 Å². The Hall–Kier alpha value is -2.99. The highest BCUT2D eigenvalue weighted by Crippen LogP contribution is 2.39. The molecule has 0 saturated carbocycles. The Bertz CT molecular complexity index is 907. The maximum Gasteiger partial charge on any atom is 0.347 e.